The van der Waals surface area contributed by atoms with Crippen molar-refractivity contribution in [3.8, 4) is 5.75 Å². The molecule has 0 aliphatic rings. The number of methoxy groups -OCH3 is 1. The summed E-state index contributed by atoms with van der Waals surface area (Å²) >= 11 is 1.41. The first-order valence-electron chi connectivity index (χ1n) is 9.87. The lowest BCUT2D eigenvalue weighted by atomic mass is 10.1. The number of benzene rings is 2. The van der Waals surface area contributed by atoms with Crippen LogP contribution in [0, 0.1) is 6.92 Å². The number of carbonyl (C=O) groups excluding carboxylic acids is 1. The van der Waals surface area contributed by atoms with Crippen LogP contribution in [0.15, 0.2) is 59.8 Å². The Bertz CT molecular complexity index is 1190. The van der Waals surface area contributed by atoms with Gasteiger partial charge in [0.15, 0.2) is 10.8 Å². The van der Waals surface area contributed by atoms with Crippen LogP contribution in [-0.4, -0.2) is 44.8 Å². The summed E-state index contributed by atoms with van der Waals surface area (Å²) in [5.41, 5.74) is 3.99. The fraction of sp³-hybridized carbons (Fsp3) is 0.261. The Balaban J connectivity index is 1.59. The summed E-state index contributed by atoms with van der Waals surface area (Å²) in [4.78, 5) is 14.7. The highest BCUT2D eigenvalue weighted by molar-refractivity contribution is 7.99. The van der Waals surface area contributed by atoms with Crippen LogP contribution in [-0.2, 0) is 11.3 Å². The number of aryl methyl sites for hydroxylation is 1. The van der Waals surface area contributed by atoms with Crippen molar-refractivity contribution in [1.82, 2.24) is 19.5 Å². The molecular weight excluding hydrogens is 396 g/mol. The van der Waals surface area contributed by atoms with E-state index in [1.54, 1.807) is 7.11 Å². The van der Waals surface area contributed by atoms with Crippen molar-refractivity contribution >= 4 is 34.2 Å². The number of amides is 1. The molecule has 4 rings (SSSR count). The predicted octanol–water partition coefficient (Wildman–Crippen LogP) is 4.34. The maximum Gasteiger partial charge on any atom is 0.233 e. The third-order valence-electron chi connectivity index (χ3n) is 5.15. The van der Waals surface area contributed by atoms with Crippen LogP contribution in [0.3, 0.4) is 0 Å². The number of hydrogen-bond donors (Lipinski definition) is 0. The molecule has 0 bridgehead atoms. The van der Waals surface area contributed by atoms with Gasteiger partial charge in [0.2, 0.25) is 5.91 Å². The van der Waals surface area contributed by atoms with E-state index in [-0.39, 0.29) is 5.91 Å². The number of thioether (sulfide) groups is 1. The Labute approximate surface area is 179 Å². The van der Waals surface area contributed by atoms with E-state index < -0.39 is 0 Å². The summed E-state index contributed by atoms with van der Waals surface area (Å²) in [7, 11) is 1.65. The number of ether oxygens (including phenoxy) is 1. The Hall–Kier alpha value is -3.06. The summed E-state index contributed by atoms with van der Waals surface area (Å²) in [5.74, 6) is 1.16. The van der Waals surface area contributed by atoms with Crippen LogP contribution in [0.1, 0.15) is 18.1 Å². The Kier molecular flexibility index (Phi) is 5.90. The maximum absolute atomic E-state index is 12.9. The van der Waals surface area contributed by atoms with E-state index in [1.807, 2.05) is 70.8 Å². The lowest BCUT2D eigenvalue weighted by molar-refractivity contribution is -0.128. The minimum atomic E-state index is 0.0806. The van der Waals surface area contributed by atoms with Crippen LogP contribution in [0.4, 0.5) is 0 Å². The normalized spacial score (nSPS) is 11.2. The zero-order valence-electron chi connectivity index (χ0n) is 17.3. The van der Waals surface area contributed by atoms with E-state index >= 15 is 0 Å². The fourth-order valence-electron chi connectivity index (χ4n) is 3.52. The molecule has 0 unspecified atom stereocenters. The summed E-state index contributed by atoms with van der Waals surface area (Å²) < 4.78 is 7.40. The van der Waals surface area contributed by atoms with E-state index in [2.05, 4.69) is 17.1 Å². The molecule has 7 heteroatoms. The van der Waals surface area contributed by atoms with Gasteiger partial charge in [-0.25, -0.2) is 0 Å². The number of pyridine rings is 1. The lowest BCUT2D eigenvalue weighted by Crippen LogP contribution is -2.31. The fourth-order valence-corrected chi connectivity index (χ4v) is 4.38. The van der Waals surface area contributed by atoms with Gasteiger partial charge in [-0.1, -0.05) is 42.1 Å². The first kappa shape index (κ1) is 20.2. The van der Waals surface area contributed by atoms with Crippen molar-refractivity contribution < 1.29 is 9.53 Å². The first-order valence-corrected chi connectivity index (χ1v) is 10.9. The van der Waals surface area contributed by atoms with Gasteiger partial charge < -0.3 is 9.64 Å². The molecule has 0 aliphatic heterocycles. The Morgan fingerprint density at radius 3 is 2.67 bits per heavy atom. The van der Waals surface area contributed by atoms with Gasteiger partial charge in [0.05, 0.1) is 18.4 Å². The molecule has 30 heavy (non-hydrogen) atoms. The zero-order chi connectivity index (χ0) is 21.1. The maximum atomic E-state index is 12.9. The molecule has 6 nitrogen and oxygen atoms in total. The third kappa shape index (κ3) is 3.98. The van der Waals surface area contributed by atoms with E-state index in [1.165, 1.54) is 11.8 Å². The largest absolute Gasteiger partial charge is 0.497 e. The molecule has 0 aliphatic carbocycles. The number of rotatable bonds is 7. The standard InChI is InChI=1S/C23H24N4O2S/c1-4-26(14-17-8-6-5-7-9-17)22(28)15-30-23-25-24-21-12-16(2)19-11-10-18(29-3)13-20(19)27(21)23/h5-13H,4,14-15H2,1-3H3. The average Bonchev–Trinajstić information content (AvgIpc) is 3.19. The molecule has 4 aromatic rings. The van der Waals surface area contributed by atoms with Gasteiger partial charge in [0.25, 0.3) is 0 Å². The topological polar surface area (TPSA) is 59.7 Å². The number of hydrogen-bond acceptors (Lipinski definition) is 5. The van der Waals surface area contributed by atoms with Crippen LogP contribution < -0.4 is 4.74 Å². The van der Waals surface area contributed by atoms with Crippen LogP contribution in [0.2, 0.25) is 0 Å². The van der Waals surface area contributed by atoms with Crippen molar-refractivity contribution in [3.63, 3.8) is 0 Å². The molecule has 0 N–H and O–H groups in total. The van der Waals surface area contributed by atoms with Crippen LogP contribution >= 0.6 is 11.8 Å². The molecule has 0 spiro atoms. The molecule has 0 saturated carbocycles. The molecule has 0 fully saturated rings. The number of carbonyl (C=O) groups is 1. The Morgan fingerprint density at radius 1 is 1.13 bits per heavy atom. The molecule has 2 aromatic carbocycles. The number of fused-ring (bicyclic) bond motifs is 3. The second-order valence-electron chi connectivity index (χ2n) is 7.07. The molecule has 0 saturated heterocycles. The van der Waals surface area contributed by atoms with E-state index in [4.69, 9.17) is 4.74 Å². The first-order chi connectivity index (χ1) is 14.6. The van der Waals surface area contributed by atoms with E-state index in [0.717, 1.165) is 33.4 Å². The Morgan fingerprint density at radius 2 is 1.93 bits per heavy atom. The molecular formula is C23H24N4O2S. The summed E-state index contributed by atoms with van der Waals surface area (Å²) in [6.45, 7) is 5.33. The summed E-state index contributed by atoms with van der Waals surface area (Å²) in [6.07, 6.45) is 0. The zero-order valence-corrected chi connectivity index (χ0v) is 18.1. The van der Waals surface area contributed by atoms with Crippen molar-refractivity contribution in [2.45, 2.75) is 25.5 Å². The van der Waals surface area contributed by atoms with Gasteiger partial charge in [-0.05, 0) is 43.2 Å². The van der Waals surface area contributed by atoms with Crippen molar-refractivity contribution in [3.05, 3.63) is 65.7 Å². The molecule has 1 amide bonds. The van der Waals surface area contributed by atoms with Gasteiger partial charge in [0.1, 0.15) is 5.75 Å². The highest BCUT2D eigenvalue weighted by atomic mass is 32.2. The van der Waals surface area contributed by atoms with Gasteiger partial charge in [-0.2, -0.15) is 0 Å². The number of aromatic nitrogens is 3. The quantitative estimate of drug-likeness (QED) is 0.416. The second kappa shape index (κ2) is 8.75. The van der Waals surface area contributed by atoms with E-state index in [9.17, 15) is 4.79 Å². The second-order valence-corrected chi connectivity index (χ2v) is 8.01. The minimum Gasteiger partial charge on any atom is -0.497 e. The van der Waals surface area contributed by atoms with Gasteiger partial charge in [-0.15, -0.1) is 10.2 Å². The SMILES string of the molecule is CCN(Cc1ccccc1)C(=O)CSc1nnc2cc(C)c3ccc(OC)cc3n12. The van der Waals surface area contributed by atoms with Gasteiger partial charge >= 0.3 is 0 Å². The van der Waals surface area contributed by atoms with Crippen LogP contribution in [0.5, 0.6) is 5.75 Å². The third-order valence-corrected chi connectivity index (χ3v) is 6.06. The van der Waals surface area contributed by atoms with Gasteiger partial charge in [-0.3, -0.25) is 9.20 Å². The van der Waals surface area contributed by atoms with E-state index in [0.29, 0.717) is 24.0 Å². The monoisotopic (exact) mass is 420 g/mol. The van der Waals surface area contributed by atoms with Crippen molar-refractivity contribution in [1.29, 1.82) is 0 Å². The predicted molar refractivity (Wildman–Crippen MR) is 120 cm³/mol. The van der Waals surface area contributed by atoms with Gasteiger partial charge in [0, 0.05) is 24.5 Å². The molecule has 0 atom stereocenters. The average molecular weight is 421 g/mol. The van der Waals surface area contributed by atoms with Crippen molar-refractivity contribution in [2.75, 3.05) is 19.4 Å². The molecule has 2 aromatic heterocycles. The molecule has 0 radical (unpaired) electrons. The summed E-state index contributed by atoms with van der Waals surface area (Å²) in [6, 6.07) is 18.0. The molecule has 2 heterocycles. The van der Waals surface area contributed by atoms with Crippen LogP contribution in [0.25, 0.3) is 16.6 Å². The highest BCUT2D eigenvalue weighted by Crippen LogP contribution is 2.28. The smallest absolute Gasteiger partial charge is 0.233 e. The highest BCUT2D eigenvalue weighted by Gasteiger charge is 2.17. The molecule has 154 valence electrons. The lowest BCUT2D eigenvalue weighted by Gasteiger charge is -2.20. The van der Waals surface area contributed by atoms with Crippen molar-refractivity contribution in [2.24, 2.45) is 0 Å². The summed E-state index contributed by atoms with van der Waals surface area (Å²) in [5, 5.41) is 10.5. The minimum absolute atomic E-state index is 0.0806. The number of nitrogens with zero attached hydrogens (tertiary/aromatic N) is 4.